The molecule has 0 saturated heterocycles. The molecule has 0 N–H and O–H groups in total. The molecule has 0 heterocycles. The van der Waals surface area contributed by atoms with Crippen LogP contribution in [0.25, 0.3) is 0 Å². The molecule has 0 radical (unpaired) electrons. The first-order chi connectivity index (χ1) is 29.0. The van der Waals surface area contributed by atoms with Gasteiger partial charge in [0.1, 0.15) is 13.2 Å². The number of rotatable bonds is 48. The van der Waals surface area contributed by atoms with E-state index < -0.39 is 6.10 Å². The smallest absolute Gasteiger partial charge is 0.306 e. The number of hydrogen-bond donors (Lipinski definition) is 0. The van der Waals surface area contributed by atoms with Gasteiger partial charge in [-0.25, -0.2) is 0 Å². The first-order valence-electron chi connectivity index (χ1n) is 26.2. The lowest BCUT2D eigenvalue weighted by molar-refractivity contribution is -0.167. The third-order valence-electron chi connectivity index (χ3n) is 11.8. The third-order valence-corrected chi connectivity index (χ3v) is 11.8. The van der Waals surface area contributed by atoms with E-state index in [1.807, 2.05) is 0 Å². The highest BCUT2D eigenvalue weighted by molar-refractivity contribution is 5.71. The van der Waals surface area contributed by atoms with Gasteiger partial charge in [-0.15, -0.1) is 0 Å². The van der Waals surface area contributed by atoms with Crippen LogP contribution in [-0.4, -0.2) is 37.2 Å². The van der Waals surface area contributed by atoms with Gasteiger partial charge in [0.25, 0.3) is 0 Å². The van der Waals surface area contributed by atoms with Crippen molar-refractivity contribution in [2.75, 3.05) is 13.2 Å². The van der Waals surface area contributed by atoms with Crippen LogP contribution in [0.2, 0.25) is 0 Å². The molecule has 6 heteroatoms. The van der Waals surface area contributed by atoms with E-state index in [0.717, 1.165) is 64.2 Å². The molecule has 0 aliphatic carbocycles. The Labute approximate surface area is 367 Å². The number of allylic oxidation sites excluding steroid dienone is 2. The van der Waals surface area contributed by atoms with Crippen LogP contribution in [0.15, 0.2) is 12.2 Å². The lowest BCUT2D eigenvalue weighted by Crippen LogP contribution is -2.30. The van der Waals surface area contributed by atoms with Crippen molar-refractivity contribution in [3.63, 3.8) is 0 Å². The zero-order chi connectivity index (χ0) is 43.0. The minimum atomic E-state index is -0.766. The fourth-order valence-electron chi connectivity index (χ4n) is 7.78. The molecule has 0 aliphatic rings. The standard InChI is InChI=1S/C53H100O6/c1-4-7-10-13-16-19-22-24-26-28-31-34-37-40-43-46-52(55)58-49-50(48-57-51(54)45-42-39-36-33-30-21-18-15-12-9-6-3)59-53(56)47-44-41-38-35-32-29-27-25-23-20-17-14-11-8-5-2/h15,18,50H,4-14,16-17,19-49H2,1-3H3/b18-15-/t50-/m1/s1. The van der Waals surface area contributed by atoms with Crippen molar-refractivity contribution in [3.8, 4) is 0 Å². The van der Waals surface area contributed by atoms with E-state index in [1.54, 1.807) is 0 Å². The van der Waals surface area contributed by atoms with Gasteiger partial charge in [-0.05, 0) is 38.5 Å². The highest BCUT2D eigenvalue weighted by Gasteiger charge is 2.19. The minimum Gasteiger partial charge on any atom is -0.462 e. The van der Waals surface area contributed by atoms with E-state index in [9.17, 15) is 14.4 Å². The van der Waals surface area contributed by atoms with Gasteiger partial charge < -0.3 is 14.2 Å². The van der Waals surface area contributed by atoms with Crippen LogP contribution in [-0.2, 0) is 28.6 Å². The fraction of sp³-hybridized carbons (Fsp3) is 0.906. The Balaban J connectivity index is 4.31. The number of ether oxygens (including phenoxy) is 3. The van der Waals surface area contributed by atoms with Gasteiger partial charge in [-0.2, -0.15) is 0 Å². The van der Waals surface area contributed by atoms with Crippen LogP contribution >= 0.6 is 0 Å². The average molecular weight is 833 g/mol. The Morgan fingerprint density at radius 1 is 0.322 bits per heavy atom. The summed E-state index contributed by atoms with van der Waals surface area (Å²) in [5, 5.41) is 0. The van der Waals surface area contributed by atoms with Crippen molar-refractivity contribution in [2.45, 2.75) is 297 Å². The van der Waals surface area contributed by atoms with E-state index in [1.165, 1.54) is 186 Å². The third kappa shape index (κ3) is 47.1. The van der Waals surface area contributed by atoms with Crippen molar-refractivity contribution in [3.05, 3.63) is 12.2 Å². The lowest BCUT2D eigenvalue weighted by Gasteiger charge is -2.18. The number of carbonyl (C=O) groups is 3. The van der Waals surface area contributed by atoms with E-state index in [-0.39, 0.29) is 31.1 Å². The lowest BCUT2D eigenvalue weighted by atomic mass is 10.0. The molecular formula is C53H100O6. The zero-order valence-electron chi connectivity index (χ0n) is 39.8. The molecule has 0 rings (SSSR count). The summed E-state index contributed by atoms with van der Waals surface area (Å²) in [5.41, 5.74) is 0. The topological polar surface area (TPSA) is 78.9 Å². The summed E-state index contributed by atoms with van der Waals surface area (Å²) >= 11 is 0. The summed E-state index contributed by atoms with van der Waals surface area (Å²) < 4.78 is 16.8. The molecule has 0 saturated carbocycles. The van der Waals surface area contributed by atoms with E-state index in [4.69, 9.17) is 14.2 Å². The quantitative estimate of drug-likeness (QED) is 0.0263. The molecule has 0 spiro atoms. The van der Waals surface area contributed by atoms with Gasteiger partial charge in [-0.3, -0.25) is 14.4 Å². The molecule has 0 aromatic rings. The van der Waals surface area contributed by atoms with Gasteiger partial charge in [0, 0.05) is 19.3 Å². The Kier molecular flexibility index (Phi) is 47.3. The Hall–Kier alpha value is -1.85. The second-order valence-electron chi connectivity index (χ2n) is 17.8. The molecule has 0 amide bonds. The van der Waals surface area contributed by atoms with Gasteiger partial charge in [0.2, 0.25) is 0 Å². The molecule has 0 fully saturated rings. The van der Waals surface area contributed by atoms with Crippen molar-refractivity contribution in [1.82, 2.24) is 0 Å². The summed E-state index contributed by atoms with van der Waals surface area (Å²) in [6, 6.07) is 0. The van der Waals surface area contributed by atoms with Crippen LogP contribution in [0.1, 0.15) is 290 Å². The average Bonchev–Trinajstić information content (AvgIpc) is 3.23. The minimum absolute atomic E-state index is 0.0671. The number of hydrogen-bond acceptors (Lipinski definition) is 6. The molecule has 6 nitrogen and oxygen atoms in total. The monoisotopic (exact) mass is 833 g/mol. The van der Waals surface area contributed by atoms with Gasteiger partial charge in [0.05, 0.1) is 0 Å². The zero-order valence-corrected chi connectivity index (χ0v) is 39.8. The first kappa shape index (κ1) is 57.1. The number of carbonyl (C=O) groups excluding carboxylic acids is 3. The fourth-order valence-corrected chi connectivity index (χ4v) is 7.78. The maximum absolute atomic E-state index is 12.8. The van der Waals surface area contributed by atoms with Crippen molar-refractivity contribution in [1.29, 1.82) is 0 Å². The largest absolute Gasteiger partial charge is 0.462 e. The summed E-state index contributed by atoms with van der Waals surface area (Å²) in [6.07, 6.45) is 53.3. The number of esters is 3. The molecular weight excluding hydrogens is 733 g/mol. The molecule has 59 heavy (non-hydrogen) atoms. The predicted molar refractivity (Wildman–Crippen MR) is 252 cm³/mol. The van der Waals surface area contributed by atoms with E-state index in [0.29, 0.717) is 19.3 Å². The predicted octanol–water partition coefficient (Wildman–Crippen LogP) is 17.0. The SMILES string of the molecule is CCCC/C=C\CCCCCCCC(=O)OC[C@H](COC(=O)CCCCCCCCCCCCCCCCC)OC(=O)CCCCCCCCCCCCCCCCC. The Morgan fingerprint density at radius 2 is 0.576 bits per heavy atom. The van der Waals surface area contributed by atoms with Crippen molar-refractivity contribution < 1.29 is 28.6 Å². The van der Waals surface area contributed by atoms with Crippen LogP contribution in [0.3, 0.4) is 0 Å². The normalized spacial score (nSPS) is 12.0. The summed E-state index contributed by atoms with van der Waals surface area (Å²) in [4.78, 5) is 37.9. The maximum Gasteiger partial charge on any atom is 0.306 e. The number of unbranched alkanes of at least 4 members (excludes halogenated alkanes) is 35. The van der Waals surface area contributed by atoms with E-state index >= 15 is 0 Å². The van der Waals surface area contributed by atoms with Gasteiger partial charge in [-0.1, -0.05) is 245 Å². The maximum atomic E-state index is 12.8. The Bertz CT molecular complexity index is 916. The molecule has 348 valence electrons. The summed E-state index contributed by atoms with van der Waals surface area (Å²) in [7, 11) is 0. The Morgan fingerprint density at radius 3 is 0.898 bits per heavy atom. The summed E-state index contributed by atoms with van der Waals surface area (Å²) in [5.74, 6) is -0.859. The summed E-state index contributed by atoms with van der Waals surface area (Å²) in [6.45, 7) is 6.63. The second kappa shape index (κ2) is 48.8. The van der Waals surface area contributed by atoms with Gasteiger partial charge in [0.15, 0.2) is 6.10 Å². The molecule has 0 aromatic heterocycles. The van der Waals surface area contributed by atoms with Crippen molar-refractivity contribution in [2.24, 2.45) is 0 Å². The van der Waals surface area contributed by atoms with Gasteiger partial charge >= 0.3 is 17.9 Å². The molecule has 0 aromatic carbocycles. The molecule has 1 atom stereocenters. The van der Waals surface area contributed by atoms with Crippen LogP contribution in [0, 0.1) is 0 Å². The van der Waals surface area contributed by atoms with Crippen molar-refractivity contribution >= 4 is 17.9 Å². The van der Waals surface area contributed by atoms with Crippen LogP contribution in [0.5, 0.6) is 0 Å². The molecule has 0 unspecified atom stereocenters. The highest BCUT2D eigenvalue weighted by atomic mass is 16.6. The second-order valence-corrected chi connectivity index (χ2v) is 17.8. The molecule has 0 aliphatic heterocycles. The first-order valence-corrected chi connectivity index (χ1v) is 26.2. The highest BCUT2D eigenvalue weighted by Crippen LogP contribution is 2.16. The van der Waals surface area contributed by atoms with Crippen LogP contribution < -0.4 is 0 Å². The van der Waals surface area contributed by atoms with E-state index in [2.05, 4.69) is 32.9 Å². The van der Waals surface area contributed by atoms with Crippen LogP contribution in [0.4, 0.5) is 0 Å². The molecule has 0 bridgehead atoms.